The van der Waals surface area contributed by atoms with Gasteiger partial charge in [0.2, 0.25) is 5.95 Å². The molecule has 162 valence electrons. The molecule has 0 radical (unpaired) electrons. The van der Waals surface area contributed by atoms with Crippen LogP contribution in [-0.4, -0.2) is 38.1 Å². The lowest BCUT2D eigenvalue weighted by Crippen LogP contribution is -2.38. The van der Waals surface area contributed by atoms with Crippen molar-refractivity contribution in [3.05, 3.63) is 59.5 Å². The highest BCUT2D eigenvalue weighted by Crippen LogP contribution is 2.25. The molecule has 2 atom stereocenters. The number of imidazole rings is 1. The molecule has 10 heteroatoms. The van der Waals surface area contributed by atoms with E-state index in [0.29, 0.717) is 24.0 Å². The largest absolute Gasteiger partial charge is 0.346 e. The molecule has 0 unspecified atom stereocenters. The van der Waals surface area contributed by atoms with Crippen molar-refractivity contribution in [2.24, 2.45) is 5.92 Å². The summed E-state index contributed by atoms with van der Waals surface area (Å²) in [6.45, 7) is 6.65. The average Bonchev–Trinajstić information content (AvgIpc) is 3.37. The number of nitrogens with zero attached hydrogens (tertiary/aromatic N) is 5. The summed E-state index contributed by atoms with van der Waals surface area (Å²) in [5.41, 5.74) is 1.34. The molecule has 2 N–H and O–H groups in total. The molecule has 8 nitrogen and oxygen atoms in total. The molecule has 1 fully saturated rings. The molecule has 0 saturated carbocycles. The predicted octanol–water partition coefficient (Wildman–Crippen LogP) is 4.18. The number of benzene rings is 1. The first-order chi connectivity index (χ1) is 14.8. The molecule has 1 aliphatic rings. The second-order valence-corrected chi connectivity index (χ2v) is 8.18. The van der Waals surface area contributed by atoms with Gasteiger partial charge in [-0.1, -0.05) is 25.4 Å². The van der Waals surface area contributed by atoms with E-state index in [-0.39, 0.29) is 29.1 Å². The van der Waals surface area contributed by atoms with Crippen LogP contribution < -0.4 is 15.5 Å². The zero-order chi connectivity index (χ0) is 22.1. The fraction of sp³-hybridized carbons (Fsp3) is 0.333. The summed E-state index contributed by atoms with van der Waals surface area (Å²) in [5.74, 6) is 0.724. The van der Waals surface area contributed by atoms with Gasteiger partial charge >= 0.3 is 6.03 Å². The van der Waals surface area contributed by atoms with Crippen LogP contribution in [0.1, 0.15) is 32.5 Å². The van der Waals surface area contributed by atoms with E-state index >= 15 is 0 Å². The van der Waals surface area contributed by atoms with Gasteiger partial charge in [-0.3, -0.25) is 4.90 Å². The molecule has 4 rings (SSSR count). The SMILES string of the molecule is CC(C)[C@H]1CNC(=O)N1c1ccnc(N[C@@H](C)c2cn(-c3ccc(Cl)c(F)c3)cn2)n1. The zero-order valence-electron chi connectivity index (χ0n) is 17.4. The number of halogens is 2. The molecule has 3 aromatic rings. The smallest absolute Gasteiger partial charge is 0.323 e. The van der Waals surface area contributed by atoms with E-state index < -0.39 is 5.82 Å². The standard InChI is InChI=1S/C21H23ClFN7O/c1-12(2)18-9-25-21(31)30(18)19-6-7-24-20(28-19)27-13(3)17-10-29(11-26-17)14-4-5-15(22)16(23)8-14/h4-8,10-13,18H,9H2,1-3H3,(H,25,31)(H,24,27,28)/t13-,18+/m0/s1. The van der Waals surface area contributed by atoms with Crippen molar-refractivity contribution in [1.29, 1.82) is 0 Å². The van der Waals surface area contributed by atoms with Crippen molar-refractivity contribution < 1.29 is 9.18 Å². The fourth-order valence-electron chi connectivity index (χ4n) is 3.50. The molecule has 0 aliphatic carbocycles. The summed E-state index contributed by atoms with van der Waals surface area (Å²) in [4.78, 5) is 27.2. The van der Waals surface area contributed by atoms with Gasteiger partial charge in [-0.2, -0.15) is 4.98 Å². The third kappa shape index (κ3) is 4.32. The Morgan fingerprint density at radius 3 is 2.81 bits per heavy atom. The Bertz CT molecular complexity index is 1100. The van der Waals surface area contributed by atoms with Gasteiger partial charge in [-0.05, 0) is 37.1 Å². The Hall–Kier alpha value is -3.20. The summed E-state index contributed by atoms with van der Waals surface area (Å²) in [6.07, 6.45) is 5.03. The maximum absolute atomic E-state index is 13.8. The molecule has 2 amide bonds. The van der Waals surface area contributed by atoms with Gasteiger partial charge in [0, 0.05) is 24.6 Å². The third-order valence-electron chi connectivity index (χ3n) is 5.26. The van der Waals surface area contributed by atoms with Crippen LogP contribution in [0, 0.1) is 11.7 Å². The Balaban J connectivity index is 1.51. The lowest BCUT2D eigenvalue weighted by molar-refractivity contribution is 0.251. The van der Waals surface area contributed by atoms with Crippen molar-refractivity contribution in [2.45, 2.75) is 32.9 Å². The number of hydrogen-bond acceptors (Lipinski definition) is 5. The summed E-state index contributed by atoms with van der Waals surface area (Å²) in [7, 11) is 0. The number of carbonyl (C=O) groups is 1. The van der Waals surface area contributed by atoms with Crippen molar-refractivity contribution in [1.82, 2.24) is 24.8 Å². The molecule has 1 saturated heterocycles. The molecule has 0 spiro atoms. The van der Waals surface area contributed by atoms with Crippen LogP contribution in [0.5, 0.6) is 0 Å². The maximum atomic E-state index is 13.8. The molecule has 2 aromatic heterocycles. The molecule has 31 heavy (non-hydrogen) atoms. The highest BCUT2D eigenvalue weighted by Gasteiger charge is 2.35. The molecule has 3 heterocycles. The van der Waals surface area contributed by atoms with Gasteiger partial charge in [0.25, 0.3) is 0 Å². The summed E-state index contributed by atoms with van der Waals surface area (Å²) < 4.78 is 15.5. The van der Waals surface area contributed by atoms with E-state index in [2.05, 4.69) is 39.4 Å². The van der Waals surface area contributed by atoms with Crippen LogP contribution in [0.15, 0.2) is 43.0 Å². The normalized spacial score (nSPS) is 17.2. The number of anilines is 2. The van der Waals surface area contributed by atoms with Crippen LogP contribution in [0.3, 0.4) is 0 Å². The Labute approximate surface area is 184 Å². The van der Waals surface area contributed by atoms with Crippen molar-refractivity contribution in [3.8, 4) is 5.69 Å². The van der Waals surface area contributed by atoms with Crippen molar-refractivity contribution in [3.63, 3.8) is 0 Å². The van der Waals surface area contributed by atoms with Crippen molar-refractivity contribution in [2.75, 3.05) is 16.8 Å². The van der Waals surface area contributed by atoms with Gasteiger partial charge in [0.05, 0.1) is 29.1 Å². The minimum atomic E-state index is -0.489. The number of rotatable bonds is 6. The molecule has 1 aromatic carbocycles. The number of nitrogens with one attached hydrogen (secondary N) is 2. The van der Waals surface area contributed by atoms with E-state index in [4.69, 9.17) is 11.6 Å². The second-order valence-electron chi connectivity index (χ2n) is 7.78. The van der Waals surface area contributed by atoms with Crippen molar-refractivity contribution >= 4 is 29.4 Å². The van der Waals surface area contributed by atoms with E-state index in [1.165, 1.54) is 12.1 Å². The number of aromatic nitrogens is 4. The van der Waals surface area contributed by atoms with Gasteiger partial charge in [-0.15, -0.1) is 0 Å². The first kappa shape index (κ1) is 21.0. The summed E-state index contributed by atoms with van der Waals surface area (Å²) in [6, 6.07) is 5.94. The molecular formula is C21H23ClFN7O. The minimum Gasteiger partial charge on any atom is -0.346 e. The zero-order valence-corrected chi connectivity index (χ0v) is 18.1. The Morgan fingerprint density at radius 1 is 1.26 bits per heavy atom. The quantitative estimate of drug-likeness (QED) is 0.596. The van der Waals surface area contributed by atoms with E-state index in [1.807, 2.05) is 6.92 Å². The molecular weight excluding hydrogens is 421 g/mol. The molecule has 0 bridgehead atoms. The maximum Gasteiger partial charge on any atom is 0.323 e. The van der Waals surface area contributed by atoms with Crippen LogP contribution in [0.4, 0.5) is 21.0 Å². The average molecular weight is 444 g/mol. The number of urea groups is 1. The summed E-state index contributed by atoms with van der Waals surface area (Å²) in [5, 5.41) is 6.16. The van der Waals surface area contributed by atoms with E-state index in [0.717, 1.165) is 5.69 Å². The fourth-order valence-corrected chi connectivity index (χ4v) is 3.61. The van der Waals surface area contributed by atoms with Gasteiger partial charge in [-0.25, -0.2) is 19.2 Å². The number of hydrogen-bond donors (Lipinski definition) is 2. The van der Waals surface area contributed by atoms with Crippen LogP contribution >= 0.6 is 11.6 Å². The van der Waals surface area contributed by atoms with Gasteiger partial charge in [0.15, 0.2) is 0 Å². The van der Waals surface area contributed by atoms with E-state index in [9.17, 15) is 9.18 Å². The topological polar surface area (TPSA) is 88.0 Å². The van der Waals surface area contributed by atoms with E-state index in [1.54, 1.807) is 40.3 Å². The van der Waals surface area contributed by atoms with Crippen LogP contribution in [-0.2, 0) is 0 Å². The van der Waals surface area contributed by atoms with Gasteiger partial charge < -0.3 is 15.2 Å². The lowest BCUT2D eigenvalue weighted by atomic mass is 10.0. The minimum absolute atomic E-state index is 0.0307. The highest BCUT2D eigenvalue weighted by molar-refractivity contribution is 6.30. The number of amides is 2. The first-order valence-electron chi connectivity index (χ1n) is 9.99. The van der Waals surface area contributed by atoms with Crippen LogP contribution in [0.2, 0.25) is 5.02 Å². The lowest BCUT2D eigenvalue weighted by Gasteiger charge is -2.25. The predicted molar refractivity (Wildman–Crippen MR) is 117 cm³/mol. The summed E-state index contributed by atoms with van der Waals surface area (Å²) >= 11 is 5.76. The Morgan fingerprint density at radius 2 is 2.06 bits per heavy atom. The van der Waals surface area contributed by atoms with Crippen LogP contribution in [0.25, 0.3) is 5.69 Å². The first-order valence-corrected chi connectivity index (χ1v) is 10.4. The molecule has 1 aliphatic heterocycles. The Kier molecular flexibility index (Phi) is 5.77. The third-order valence-corrected chi connectivity index (χ3v) is 5.57. The van der Waals surface area contributed by atoms with Gasteiger partial charge in [0.1, 0.15) is 11.6 Å². The highest BCUT2D eigenvalue weighted by atomic mass is 35.5. The monoisotopic (exact) mass is 443 g/mol. The second kappa shape index (κ2) is 8.50. The number of carbonyl (C=O) groups excluding carboxylic acids is 1.